The van der Waals surface area contributed by atoms with Crippen molar-refractivity contribution in [2.24, 2.45) is 0 Å². The molecule has 11 heteroatoms. The van der Waals surface area contributed by atoms with E-state index >= 15 is 0 Å². The predicted molar refractivity (Wildman–Crippen MR) is 142 cm³/mol. The molecular weight excluding hydrogens is 515 g/mol. The Morgan fingerprint density at radius 3 is 2.23 bits per heavy atom. The zero-order valence-corrected chi connectivity index (χ0v) is 21.8. The van der Waals surface area contributed by atoms with E-state index in [4.69, 9.17) is 14.2 Å². The Kier molecular flexibility index (Phi) is 7.89. The van der Waals surface area contributed by atoms with Gasteiger partial charge in [-0.1, -0.05) is 6.07 Å². The second-order valence-electron chi connectivity index (χ2n) is 8.82. The van der Waals surface area contributed by atoms with Gasteiger partial charge >= 0.3 is 12.2 Å². The molecule has 0 radical (unpaired) electrons. The van der Waals surface area contributed by atoms with Crippen LogP contribution in [-0.2, 0) is 12.6 Å². The van der Waals surface area contributed by atoms with Crippen LogP contribution in [0.2, 0.25) is 0 Å². The summed E-state index contributed by atoms with van der Waals surface area (Å²) in [5.41, 5.74) is 2.22. The van der Waals surface area contributed by atoms with Crippen molar-refractivity contribution < 1.29 is 32.2 Å². The van der Waals surface area contributed by atoms with E-state index in [1.165, 1.54) is 39.5 Å². The van der Waals surface area contributed by atoms with Gasteiger partial charge in [-0.3, -0.25) is 4.79 Å². The fourth-order valence-corrected chi connectivity index (χ4v) is 4.74. The summed E-state index contributed by atoms with van der Waals surface area (Å²) in [6.45, 7) is 0. The van der Waals surface area contributed by atoms with Crippen molar-refractivity contribution in [3.63, 3.8) is 0 Å². The maximum Gasteiger partial charge on any atom is 0.416 e. The van der Waals surface area contributed by atoms with Crippen molar-refractivity contribution in [3.8, 4) is 28.4 Å². The minimum atomic E-state index is -4.48. The van der Waals surface area contributed by atoms with Crippen molar-refractivity contribution >= 4 is 17.4 Å². The molecule has 0 aliphatic heterocycles. The molecule has 0 fully saturated rings. The largest absolute Gasteiger partial charge is 0.493 e. The number of urea groups is 1. The number of fused-ring (bicyclic) bond motifs is 3. The molecule has 1 aliphatic rings. The highest BCUT2D eigenvalue weighted by molar-refractivity contribution is 5.90. The molecule has 0 bridgehead atoms. The van der Waals surface area contributed by atoms with Crippen LogP contribution in [0, 0.1) is 0 Å². The SMILES string of the molecule is CNc1ccc2c(cc1=O)[C@@H](NC(=O)Nc1ccc(C(F)(F)F)cc1)CCc1cc(OC)c(OC)c(OC)c1-2. The molecule has 0 unspecified atom stereocenters. The summed E-state index contributed by atoms with van der Waals surface area (Å²) in [5.74, 6) is 1.29. The number of carbonyl (C=O) groups is 1. The Morgan fingerprint density at radius 2 is 1.64 bits per heavy atom. The smallest absolute Gasteiger partial charge is 0.416 e. The number of halogens is 3. The Labute approximate surface area is 223 Å². The monoisotopic (exact) mass is 543 g/mol. The molecule has 0 aromatic heterocycles. The normalized spacial score (nSPS) is 14.3. The summed E-state index contributed by atoms with van der Waals surface area (Å²) in [5, 5.41) is 8.34. The number of amides is 2. The molecule has 2 amide bonds. The third-order valence-electron chi connectivity index (χ3n) is 6.58. The Morgan fingerprint density at radius 1 is 0.949 bits per heavy atom. The molecule has 4 rings (SSSR count). The molecule has 206 valence electrons. The molecule has 3 N–H and O–H groups in total. The van der Waals surface area contributed by atoms with E-state index in [0.717, 1.165) is 17.7 Å². The summed E-state index contributed by atoms with van der Waals surface area (Å²) < 4.78 is 55.5. The predicted octanol–water partition coefficient (Wildman–Crippen LogP) is 5.61. The summed E-state index contributed by atoms with van der Waals surface area (Å²) in [7, 11) is 6.17. The number of hydrogen-bond donors (Lipinski definition) is 3. The fourth-order valence-electron chi connectivity index (χ4n) is 4.74. The van der Waals surface area contributed by atoms with Gasteiger partial charge in [0, 0.05) is 18.3 Å². The Bertz CT molecular complexity index is 1440. The van der Waals surface area contributed by atoms with E-state index in [1.54, 1.807) is 19.2 Å². The first kappa shape index (κ1) is 27.6. The molecule has 8 nitrogen and oxygen atoms in total. The van der Waals surface area contributed by atoms with Crippen LogP contribution in [-0.4, -0.2) is 34.4 Å². The minimum Gasteiger partial charge on any atom is -0.493 e. The second kappa shape index (κ2) is 11.1. The summed E-state index contributed by atoms with van der Waals surface area (Å²) in [6.07, 6.45) is -3.58. The molecule has 0 heterocycles. The number of alkyl halides is 3. The fraction of sp³-hybridized carbons (Fsp3) is 0.286. The van der Waals surface area contributed by atoms with Crippen LogP contribution >= 0.6 is 0 Å². The Hall–Kier alpha value is -4.41. The van der Waals surface area contributed by atoms with Crippen LogP contribution < -0.4 is 35.6 Å². The standard InChI is InChI=1S/C28H28F3N3O5/c1-32-21-12-10-18-19(14-22(21)35)20(34-27(36)33-17-8-6-16(7-9-17)28(29,30)31)11-5-15-13-23(37-2)25(38-3)26(39-4)24(15)18/h6-10,12-14,20H,5,11H2,1-4H3,(H,32,35)(H2,33,34,36)/t20-/m0/s1. The van der Waals surface area contributed by atoms with E-state index in [9.17, 15) is 22.8 Å². The van der Waals surface area contributed by atoms with Crippen LogP contribution in [0.5, 0.6) is 17.2 Å². The van der Waals surface area contributed by atoms with Gasteiger partial charge in [0.05, 0.1) is 38.6 Å². The lowest BCUT2D eigenvalue weighted by atomic mass is 9.95. The molecular formula is C28H28F3N3O5. The zero-order valence-electron chi connectivity index (χ0n) is 21.8. The van der Waals surface area contributed by atoms with Gasteiger partial charge in [-0.2, -0.15) is 13.2 Å². The number of carbonyl (C=O) groups excluding carboxylic acids is 1. The first-order valence-corrected chi connectivity index (χ1v) is 12.0. The molecule has 1 atom stereocenters. The molecule has 0 saturated heterocycles. The first-order valence-electron chi connectivity index (χ1n) is 12.0. The van der Waals surface area contributed by atoms with Crippen molar-refractivity contribution in [3.05, 3.63) is 75.4 Å². The highest BCUT2D eigenvalue weighted by atomic mass is 19.4. The highest BCUT2D eigenvalue weighted by Crippen LogP contribution is 2.50. The van der Waals surface area contributed by atoms with Gasteiger partial charge in [-0.05, 0) is 72.0 Å². The highest BCUT2D eigenvalue weighted by Gasteiger charge is 2.31. The van der Waals surface area contributed by atoms with Crippen LogP contribution in [0.1, 0.15) is 29.2 Å². The lowest BCUT2D eigenvalue weighted by Crippen LogP contribution is -2.33. The van der Waals surface area contributed by atoms with E-state index in [0.29, 0.717) is 52.5 Å². The third kappa shape index (κ3) is 5.57. The van der Waals surface area contributed by atoms with E-state index in [2.05, 4.69) is 16.0 Å². The first-order chi connectivity index (χ1) is 18.6. The number of ether oxygens (including phenoxy) is 3. The summed E-state index contributed by atoms with van der Waals surface area (Å²) >= 11 is 0. The van der Waals surface area contributed by atoms with Gasteiger partial charge in [-0.25, -0.2) is 4.79 Å². The van der Waals surface area contributed by atoms with Gasteiger partial charge in [0.1, 0.15) is 0 Å². The molecule has 39 heavy (non-hydrogen) atoms. The van der Waals surface area contributed by atoms with Crippen molar-refractivity contribution in [2.75, 3.05) is 39.0 Å². The molecule has 3 aromatic rings. The second-order valence-corrected chi connectivity index (χ2v) is 8.82. The lowest BCUT2D eigenvalue weighted by molar-refractivity contribution is -0.137. The van der Waals surface area contributed by atoms with E-state index in [1.807, 2.05) is 6.07 Å². The van der Waals surface area contributed by atoms with Crippen LogP contribution in [0.15, 0.2) is 53.3 Å². The lowest BCUT2D eigenvalue weighted by Gasteiger charge is -2.20. The number of hydrogen-bond acceptors (Lipinski definition) is 6. The zero-order chi connectivity index (χ0) is 28.3. The van der Waals surface area contributed by atoms with Gasteiger partial charge in [0.2, 0.25) is 11.2 Å². The van der Waals surface area contributed by atoms with Gasteiger partial charge in [-0.15, -0.1) is 0 Å². The summed E-state index contributed by atoms with van der Waals surface area (Å²) in [4.78, 5) is 26.0. The van der Waals surface area contributed by atoms with Crippen LogP contribution in [0.4, 0.5) is 29.3 Å². The van der Waals surface area contributed by atoms with Gasteiger partial charge in [0.15, 0.2) is 11.5 Å². The van der Waals surface area contributed by atoms with Crippen molar-refractivity contribution in [1.29, 1.82) is 0 Å². The maximum atomic E-state index is 13.0. The average Bonchev–Trinajstić information content (AvgIpc) is 3.15. The molecule has 3 aromatic carbocycles. The summed E-state index contributed by atoms with van der Waals surface area (Å²) in [6, 6.07) is 9.64. The van der Waals surface area contributed by atoms with Gasteiger partial charge < -0.3 is 30.2 Å². The topological polar surface area (TPSA) is 97.9 Å². The van der Waals surface area contributed by atoms with Crippen LogP contribution in [0.25, 0.3) is 11.1 Å². The quantitative estimate of drug-likeness (QED) is 0.374. The van der Waals surface area contributed by atoms with Crippen molar-refractivity contribution in [1.82, 2.24) is 5.32 Å². The van der Waals surface area contributed by atoms with Crippen LogP contribution in [0.3, 0.4) is 0 Å². The van der Waals surface area contributed by atoms with Gasteiger partial charge in [0.25, 0.3) is 0 Å². The molecule has 1 aliphatic carbocycles. The van der Waals surface area contributed by atoms with E-state index < -0.39 is 23.8 Å². The molecule has 0 spiro atoms. The van der Waals surface area contributed by atoms with E-state index in [-0.39, 0.29) is 11.1 Å². The minimum absolute atomic E-state index is 0.189. The number of anilines is 2. The van der Waals surface area contributed by atoms with Crippen molar-refractivity contribution in [2.45, 2.75) is 25.1 Å². The number of nitrogens with one attached hydrogen (secondary N) is 3. The third-order valence-corrected chi connectivity index (χ3v) is 6.58. The Balaban J connectivity index is 1.77. The average molecular weight is 544 g/mol. The number of rotatable bonds is 6. The number of benzene rings is 2. The number of aryl methyl sites for hydroxylation is 1. The maximum absolute atomic E-state index is 13.0. The molecule has 0 saturated carbocycles. The number of methoxy groups -OCH3 is 3.